The van der Waals surface area contributed by atoms with Crippen molar-refractivity contribution in [3.8, 4) is 5.69 Å². The molecule has 0 bridgehead atoms. The van der Waals surface area contributed by atoms with Gasteiger partial charge in [-0.25, -0.2) is 4.68 Å². The highest BCUT2D eigenvalue weighted by Crippen LogP contribution is 2.27. The number of aromatic nitrogens is 2. The van der Waals surface area contributed by atoms with Gasteiger partial charge < -0.3 is 4.74 Å². The molecule has 2 atom stereocenters. The Kier molecular flexibility index (Phi) is 3.65. The van der Waals surface area contributed by atoms with Crippen LogP contribution in [0.4, 0.5) is 0 Å². The van der Waals surface area contributed by atoms with Crippen molar-refractivity contribution in [3.63, 3.8) is 0 Å². The topological polar surface area (TPSA) is 44.1 Å². The summed E-state index contributed by atoms with van der Waals surface area (Å²) in [5.41, 5.74) is 1.55. The van der Waals surface area contributed by atoms with Crippen LogP contribution in [0.5, 0.6) is 0 Å². The molecule has 20 heavy (non-hydrogen) atoms. The van der Waals surface area contributed by atoms with E-state index in [-0.39, 0.29) is 17.8 Å². The fourth-order valence-corrected chi connectivity index (χ4v) is 2.81. The van der Waals surface area contributed by atoms with E-state index in [4.69, 9.17) is 4.74 Å². The maximum atomic E-state index is 12.7. The SMILES string of the molecule is CCC1OCCC1C(=O)c1ccnn1-c1ccccc1. The Hall–Kier alpha value is -1.94. The van der Waals surface area contributed by atoms with Crippen molar-refractivity contribution >= 4 is 5.78 Å². The molecule has 0 radical (unpaired) electrons. The summed E-state index contributed by atoms with van der Waals surface area (Å²) in [5.74, 6) is 0.0925. The van der Waals surface area contributed by atoms with Crippen molar-refractivity contribution in [1.29, 1.82) is 0 Å². The number of benzene rings is 1. The second kappa shape index (κ2) is 5.59. The van der Waals surface area contributed by atoms with Crippen LogP contribution < -0.4 is 0 Å². The van der Waals surface area contributed by atoms with Gasteiger partial charge in [0.1, 0.15) is 5.69 Å². The third-order valence-corrected chi connectivity index (χ3v) is 3.84. The zero-order valence-electron chi connectivity index (χ0n) is 11.5. The molecule has 1 aliphatic rings. The second-order valence-electron chi connectivity index (χ2n) is 5.04. The van der Waals surface area contributed by atoms with Crippen LogP contribution in [0.2, 0.25) is 0 Å². The molecule has 2 aromatic rings. The molecule has 4 nitrogen and oxygen atoms in total. The van der Waals surface area contributed by atoms with Crippen LogP contribution >= 0.6 is 0 Å². The average Bonchev–Trinajstić information content (AvgIpc) is 3.16. The van der Waals surface area contributed by atoms with Gasteiger partial charge in [0, 0.05) is 6.61 Å². The second-order valence-corrected chi connectivity index (χ2v) is 5.04. The fraction of sp³-hybridized carbons (Fsp3) is 0.375. The highest BCUT2D eigenvalue weighted by atomic mass is 16.5. The molecule has 2 unspecified atom stereocenters. The quantitative estimate of drug-likeness (QED) is 0.802. The van der Waals surface area contributed by atoms with Crippen LogP contribution in [0.25, 0.3) is 5.69 Å². The van der Waals surface area contributed by atoms with E-state index in [0.717, 1.165) is 18.5 Å². The molecule has 1 saturated heterocycles. The molecule has 1 aliphatic heterocycles. The smallest absolute Gasteiger partial charge is 0.187 e. The Morgan fingerprint density at radius 2 is 2.15 bits per heavy atom. The highest BCUT2D eigenvalue weighted by Gasteiger charge is 2.34. The Bertz CT molecular complexity index is 592. The first-order valence-corrected chi connectivity index (χ1v) is 7.06. The van der Waals surface area contributed by atoms with E-state index in [0.29, 0.717) is 12.3 Å². The molecule has 0 amide bonds. The standard InChI is InChI=1S/C16H18N2O2/c1-2-15-13(9-11-20-15)16(19)14-8-10-17-18(14)12-6-4-3-5-7-12/h3-8,10,13,15H,2,9,11H2,1H3. The third-order valence-electron chi connectivity index (χ3n) is 3.84. The number of para-hydroxylation sites is 1. The molecule has 1 fully saturated rings. The predicted molar refractivity (Wildman–Crippen MR) is 76.0 cm³/mol. The lowest BCUT2D eigenvalue weighted by Gasteiger charge is -2.16. The van der Waals surface area contributed by atoms with E-state index in [1.165, 1.54) is 0 Å². The lowest BCUT2D eigenvalue weighted by atomic mass is 9.93. The first kappa shape index (κ1) is 13.1. The number of ether oxygens (including phenoxy) is 1. The summed E-state index contributed by atoms with van der Waals surface area (Å²) in [6.07, 6.45) is 3.39. The predicted octanol–water partition coefficient (Wildman–Crippen LogP) is 2.87. The third kappa shape index (κ3) is 2.27. The van der Waals surface area contributed by atoms with Gasteiger partial charge in [0.2, 0.25) is 0 Å². The summed E-state index contributed by atoms with van der Waals surface area (Å²) in [6, 6.07) is 11.5. The molecule has 104 valence electrons. The van der Waals surface area contributed by atoms with Gasteiger partial charge in [0.05, 0.1) is 23.9 Å². The zero-order chi connectivity index (χ0) is 13.9. The highest BCUT2D eigenvalue weighted by molar-refractivity contribution is 5.97. The molecule has 0 saturated carbocycles. The van der Waals surface area contributed by atoms with Crippen LogP contribution in [0.3, 0.4) is 0 Å². The molecular weight excluding hydrogens is 252 g/mol. The van der Waals surface area contributed by atoms with E-state index in [9.17, 15) is 4.79 Å². The van der Waals surface area contributed by atoms with Gasteiger partial charge >= 0.3 is 0 Å². The summed E-state index contributed by atoms with van der Waals surface area (Å²) in [7, 11) is 0. The van der Waals surface area contributed by atoms with Crippen LogP contribution in [0, 0.1) is 5.92 Å². The van der Waals surface area contributed by atoms with Crippen molar-refractivity contribution in [2.75, 3.05) is 6.61 Å². The van der Waals surface area contributed by atoms with Crippen molar-refractivity contribution in [2.45, 2.75) is 25.9 Å². The van der Waals surface area contributed by atoms with Crippen LogP contribution in [-0.2, 0) is 4.74 Å². The van der Waals surface area contributed by atoms with Crippen LogP contribution in [-0.4, -0.2) is 28.3 Å². The molecule has 1 aromatic carbocycles. The molecule has 2 heterocycles. The minimum atomic E-state index is -0.0424. The molecule has 4 heteroatoms. The van der Waals surface area contributed by atoms with E-state index in [1.54, 1.807) is 16.9 Å². The molecule has 3 rings (SSSR count). The van der Waals surface area contributed by atoms with Crippen molar-refractivity contribution in [3.05, 3.63) is 48.3 Å². The molecule has 0 N–H and O–H groups in total. The van der Waals surface area contributed by atoms with Gasteiger partial charge in [0.25, 0.3) is 0 Å². The zero-order valence-corrected chi connectivity index (χ0v) is 11.5. The maximum absolute atomic E-state index is 12.7. The number of carbonyl (C=O) groups is 1. The van der Waals surface area contributed by atoms with Crippen molar-refractivity contribution < 1.29 is 9.53 Å². The van der Waals surface area contributed by atoms with Gasteiger partial charge in [-0.3, -0.25) is 4.79 Å². The first-order chi connectivity index (χ1) is 9.81. The van der Waals surface area contributed by atoms with E-state index >= 15 is 0 Å². The number of Topliss-reactive ketones (excluding diaryl/α,β-unsaturated/α-hetero) is 1. The first-order valence-electron chi connectivity index (χ1n) is 7.06. The fourth-order valence-electron chi connectivity index (χ4n) is 2.81. The largest absolute Gasteiger partial charge is 0.377 e. The number of rotatable bonds is 4. The Morgan fingerprint density at radius 1 is 1.35 bits per heavy atom. The number of carbonyl (C=O) groups excluding carboxylic acids is 1. The normalized spacial score (nSPS) is 22.1. The number of hydrogen-bond acceptors (Lipinski definition) is 3. The maximum Gasteiger partial charge on any atom is 0.187 e. The van der Waals surface area contributed by atoms with Gasteiger partial charge in [-0.2, -0.15) is 5.10 Å². The lowest BCUT2D eigenvalue weighted by molar-refractivity contribution is 0.0683. The van der Waals surface area contributed by atoms with Crippen LogP contribution in [0.1, 0.15) is 30.3 Å². The Balaban J connectivity index is 1.92. The number of ketones is 1. The van der Waals surface area contributed by atoms with E-state index in [1.807, 2.05) is 30.3 Å². The summed E-state index contributed by atoms with van der Waals surface area (Å²) in [6.45, 7) is 2.74. The lowest BCUT2D eigenvalue weighted by Crippen LogP contribution is -2.25. The van der Waals surface area contributed by atoms with Crippen LogP contribution in [0.15, 0.2) is 42.6 Å². The Labute approximate surface area is 118 Å². The van der Waals surface area contributed by atoms with Crippen molar-refractivity contribution in [1.82, 2.24) is 9.78 Å². The monoisotopic (exact) mass is 270 g/mol. The summed E-state index contributed by atoms with van der Waals surface area (Å²) >= 11 is 0. The van der Waals surface area contributed by atoms with E-state index < -0.39 is 0 Å². The minimum Gasteiger partial charge on any atom is -0.377 e. The number of hydrogen-bond donors (Lipinski definition) is 0. The average molecular weight is 270 g/mol. The molecular formula is C16H18N2O2. The molecule has 0 aliphatic carbocycles. The number of nitrogens with zero attached hydrogens (tertiary/aromatic N) is 2. The van der Waals surface area contributed by atoms with Gasteiger partial charge in [-0.1, -0.05) is 25.1 Å². The van der Waals surface area contributed by atoms with Gasteiger partial charge in [-0.15, -0.1) is 0 Å². The van der Waals surface area contributed by atoms with Gasteiger partial charge in [-0.05, 0) is 31.0 Å². The molecule has 1 aromatic heterocycles. The molecule has 0 spiro atoms. The minimum absolute atomic E-state index is 0.0424. The van der Waals surface area contributed by atoms with Gasteiger partial charge in [0.15, 0.2) is 5.78 Å². The summed E-state index contributed by atoms with van der Waals surface area (Å²) in [5, 5.41) is 4.28. The van der Waals surface area contributed by atoms with Crippen molar-refractivity contribution in [2.24, 2.45) is 5.92 Å². The van der Waals surface area contributed by atoms with E-state index in [2.05, 4.69) is 12.0 Å². The Morgan fingerprint density at radius 3 is 2.90 bits per heavy atom. The summed E-state index contributed by atoms with van der Waals surface area (Å²) < 4.78 is 7.34. The summed E-state index contributed by atoms with van der Waals surface area (Å²) in [4.78, 5) is 12.7.